The Kier molecular flexibility index (Phi) is 3.83. The van der Waals surface area contributed by atoms with Gasteiger partial charge in [-0.2, -0.15) is 0 Å². The topological polar surface area (TPSA) is 80.9 Å². The molecule has 0 saturated carbocycles. The monoisotopic (exact) mass is 274 g/mol. The molecule has 2 aromatic rings. The highest BCUT2D eigenvalue weighted by Crippen LogP contribution is 2.28. The lowest BCUT2D eigenvalue weighted by Gasteiger charge is -2.24. The smallest absolute Gasteiger partial charge is 0.331 e. The van der Waals surface area contributed by atoms with Gasteiger partial charge in [0.15, 0.2) is 11.4 Å². The molecular weight excluding hydrogens is 256 g/mol. The first-order chi connectivity index (χ1) is 9.54. The number of aryl methyl sites for hydroxylation is 1. The first kappa shape index (κ1) is 14.2. The minimum Gasteiger partial charge on any atom is -0.479 e. The van der Waals surface area contributed by atoms with E-state index in [1.165, 1.54) is 4.68 Å². The molecule has 0 saturated heterocycles. The first-order valence-electron chi connectivity index (χ1n) is 6.65. The minimum atomic E-state index is -1.15. The van der Waals surface area contributed by atoms with Gasteiger partial charge in [-0.3, -0.25) is 0 Å². The average molecular weight is 274 g/mol. The second-order valence-corrected chi connectivity index (χ2v) is 4.86. The molecule has 1 atom stereocenters. The molecule has 6 heteroatoms. The zero-order valence-corrected chi connectivity index (χ0v) is 11.9. The van der Waals surface area contributed by atoms with Gasteiger partial charge in [-0.25, -0.2) is 9.48 Å². The number of hydrogen-bond donors (Lipinski definition) is 1. The number of carboxylic acids is 1. The predicted molar refractivity (Wildman–Crippen MR) is 74.2 cm³/mol. The molecule has 0 fully saturated rings. The van der Waals surface area contributed by atoms with Crippen LogP contribution in [0, 0.1) is 0 Å². The van der Waals surface area contributed by atoms with Crippen molar-refractivity contribution in [3.05, 3.63) is 29.8 Å². The molecule has 106 valence electrons. The zero-order chi connectivity index (χ0) is 14.8. The molecule has 0 aliphatic carbocycles. The van der Waals surface area contributed by atoms with Crippen LogP contribution in [0.25, 0.3) is 11.4 Å². The second-order valence-electron chi connectivity index (χ2n) is 4.86. The van der Waals surface area contributed by atoms with E-state index in [2.05, 4.69) is 15.5 Å². The van der Waals surface area contributed by atoms with Crippen molar-refractivity contribution < 1.29 is 9.90 Å². The molecule has 1 aromatic carbocycles. The van der Waals surface area contributed by atoms with Gasteiger partial charge >= 0.3 is 5.97 Å². The molecule has 0 amide bonds. The Morgan fingerprint density at radius 3 is 2.65 bits per heavy atom. The fourth-order valence-electron chi connectivity index (χ4n) is 2.13. The Hall–Kier alpha value is -2.24. The van der Waals surface area contributed by atoms with Gasteiger partial charge in [-0.15, -0.1) is 5.10 Å². The fourth-order valence-corrected chi connectivity index (χ4v) is 2.13. The van der Waals surface area contributed by atoms with Gasteiger partial charge in [0.2, 0.25) is 0 Å². The van der Waals surface area contributed by atoms with Crippen LogP contribution in [-0.2, 0) is 16.8 Å². The van der Waals surface area contributed by atoms with E-state index in [0.29, 0.717) is 12.2 Å². The van der Waals surface area contributed by atoms with Crippen LogP contribution in [-0.4, -0.2) is 31.3 Å². The highest BCUT2D eigenvalue weighted by atomic mass is 16.4. The van der Waals surface area contributed by atoms with E-state index < -0.39 is 11.5 Å². The lowest BCUT2D eigenvalue weighted by molar-refractivity contribution is -0.147. The van der Waals surface area contributed by atoms with Crippen molar-refractivity contribution in [1.29, 1.82) is 0 Å². The standard InChI is InChI=1S/C14H18N4O2/c1-4-10-8-6-7-9-11(10)12-15-16-17-18(12)14(3,5-2)13(19)20/h6-9H,4-5H2,1-3H3,(H,19,20). The van der Waals surface area contributed by atoms with E-state index >= 15 is 0 Å². The summed E-state index contributed by atoms with van der Waals surface area (Å²) in [5.41, 5.74) is 0.813. The molecule has 1 heterocycles. The Morgan fingerprint density at radius 1 is 1.35 bits per heavy atom. The quantitative estimate of drug-likeness (QED) is 0.903. The van der Waals surface area contributed by atoms with Gasteiger partial charge in [-0.1, -0.05) is 38.1 Å². The molecule has 1 N–H and O–H groups in total. The third-order valence-electron chi connectivity index (χ3n) is 3.73. The number of carboxylic acid groups (broad SMARTS) is 1. The van der Waals surface area contributed by atoms with E-state index in [-0.39, 0.29) is 0 Å². The van der Waals surface area contributed by atoms with Crippen LogP contribution < -0.4 is 0 Å². The highest BCUT2D eigenvalue weighted by molar-refractivity contribution is 5.77. The highest BCUT2D eigenvalue weighted by Gasteiger charge is 2.37. The Balaban J connectivity index is 2.62. The van der Waals surface area contributed by atoms with E-state index in [1.807, 2.05) is 38.1 Å². The minimum absolute atomic E-state index is 0.397. The summed E-state index contributed by atoms with van der Waals surface area (Å²) in [5, 5.41) is 21.1. The number of benzene rings is 1. The van der Waals surface area contributed by atoms with Crippen molar-refractivity contribution in [3.8, 4) is 11.4 Å². The van der Waals surface area contributed by atoms with Gasteiger partial charge in [0.05, 0.1) is 0 Å². The fraction of sp³-hybridized carbons (Fsp3) is 0.429. The summed E-state index contributed by atoms with van der Waals surface area (Å²) < 4.78 is 1.41. The van der Waals surface area contributed by atoms with Gasteiger partial charge in [0.25, 0.3) is 0 Å². The normalized spacial score (nSPS) is 13.9. The van der Waals surface area contributed by atoms with Crippen molar-refractivity contribution in [2.45, 2.75) is 39.2 Å². The number of tetrazole rings is 1. The Labute approximate surface area is 117 Å². The van der Waals surface area contributed by atoms with Crippen molar-refractivity contribution >= 4 is 5.97 Å². The van der Waals surface area contributed by atoms with Crippen LogP contribution in [0.3, 0.4) is 0 Å². The lowest BCUT2D eigenvalue weighted by atomic mass is 9.98. The first-order valence-corrected chi connectivity index (χ1v) is 6.65. The van der Waals surface area contributed by atoms with Crippen LogP contribution >= 0.6 is 0 Å². The number of aromatic nitrogens is 4. The maximum atomic E-state index is 11.6. The van der Waals surface area contributed by atoms with Gasteiger partial charge in [0.1, 0.15) is 0 Å². The Morgan fingerprint density at radius 2 is 2.05 bits per heavy atom. The maximum Gasteiger partial charge on any atom is 0.331 e. The summed E-state index contributed by atoms with van der Waals surface area (Å²) in [6.07, 6.45) is 1.23. The molecule has 2 rings (SSSR count). The number of carbonyl (C=O) groups is 1. The van der Waals surface area contributed by atoms with Gasteiger partial charge < -0.3 is 5.11 Å². The lowest BCUT2D eigenvalue weighted by Crippen LogP contribution is -2.39. The molecule has 1 aromatic heterocycles. The Bertz CT molecular complexity index is 623. The summed E-state index contributed by atoms with van der Waals surface area (Å²) in [6.45, 7) is 5.48. The molecule has 0 aliphatic heterocycles. The number of rotatable bonds is 5. The molecule has 0 radical (unpaired) electrons. The SMILES string of the molecule is CCc1ccccc1-c1nnnn1C(C)(CC)C(=O)O. The van der Waals surface area contributed by atoms with Crippen LogP contribution in [0.1, 0.15) is 32.8 Å². The van der Waals surface area contributed by atoms with E-state index in [9.17, 15) is 9.90 Å². The van der Waals surface area contributed by atoms with Crippen LogP contribution in [0.2, 0.25) is 0 Å². The largest absolute Gasteiger partial charge is 0.479 e. The van der Waals surface area contributed by atoms with E-state index in [4.69, 9.17) is 0 Å². The summed E-state index contributed by atoms with van der Waals surface area (Å²) in [4.78, 5) is 11.6. The van der Waals surface area contributed by atoms with Gasteiger partial charge in [0, 0.05) is 5.56 Å². The number of hydrogen-bond acceptors (Lipinski definition) is 4. The van der Waals surface area contributed by atoms with Crippen molar-refractivity contribution in [1.82, 2.24) is 20.2 Å². The summed E-state index contributed by atoms with van der Waals surface area (Å²) >= 11 is 0. The van der Waals surface area contributed by atoms with E-state index in [0.717, 1.165) is 17.5 Å². The molecule has 0 bridgehead atoms. The average Bonchev–Trinajstić information content (AvgIpc) is 2.95. The van der Waals surface area contributed by atoms with Crippen molar-refractivity contribution in [2.24, 2.45) is 0 Å². The zero-order valence-electron chi connectivity index (χ0n) is 11.9. The summed E-state index contributed by atoms with van der Waals surface area (Å²) in [7, 11) is 0. The van der Waals surface area contributed by atoms with E-state index in [1.54, 1.807) is 6.92 Å². The molecule has 20 heavy (non-hydrogen) atoms. The molecule has 6 nitrogen and oxygen atoms in total. The number of nitrogens with zero attached hydrogens (tertiary/aromatic N) is 4. The predicted octanol–water partition coefficient (Wildman–Crippen LogP) is 2.11. The van der Waals surface area contributed by atoms with Gasteiger partial charge in [-0.05, 0) is 35.8 Å². The summed E-state index contributed by atoms with van der Waals surface area (Å²) in [5.74, 6) is -0.447. The third-order valence-corrected chi connectivity index (χ3v) is 3.73. The molecular formula is C14H18N4O2. The van der Waals surface area contributed by atoms with Crippen molar-refractivity contribution in [3.63, 3.8) is 0 Å². The molecule has 0 aliphatic rings. The van der Waals surface area contributed by atoms with Crippen LogP contribution in [0.15, 0.2) is 24.3 Å². The van der Waals surface area contributed by atoms with Crippen LogP contribution in [0.4, 0.5) is 0 Å². The van der Waals surface area contributed by atoms with Crippen LogP contribution in [0.5, 0.6) is 0 Å². The number of aliphatic carboxylic acids is 1. The maximum absolute atomic E-state index is 11.6. The van der Waals surface area contributed by atoms with Crippen molar-refractivity contribution in [2.75, 3.05) is 0 Å². The summed E-state index contributed by atoms with van der Waals surface area (Å²) in [6, 6.07) is 7.77. The second kappa shape index (κ2) is 5.40. The molecule has 0 spiro atoms. The molecule has 1 unspecified atom stereocenters. The third kappa shape index (κ3) is 2.17.